The molecule has 0 radical (unpaired) electrons. The SMILES string of the molecule is COc1cccc2c1C(=O)c1c(O)c3c(c(O)c1C2=O)C[C@@](O)(C(C)=O)CC3OC1CC(NCC(=O)[C@@H]2CC(O)CN2C(=O)CCCC(O)O)C(O)C(C)O1. The lowest BCUT2D eigenvalue weighted by atomic mass is 9.72. The Morgan fingerprint density at radius 2 is 1.76 bits per heavy atom. The second-order valence-corrected chi connectivity index (χ2v) is 14.7. The third kappa shape index (κ3) is 7.50. The molecule has 17 nitrogen and oxygen atoms in total. The van der Waals surface area contributed by atoms with E-state index in [1.54, 1.807) is 6.92 Å². The molecule has 1 amide bonds. The number of nitrogens with zero attached hydrogens (tertiary/aromatic N) is 1. The molecule has 55 heavy (non-hydrogen) atoms. The average molecular weight is 771 g/mol. The number of methoxy groups -OCH3 is 1. The topological polar surface area (TPSA) is 270 Å². The molecule has 298 valence electrons. The first-order valence-electron chi connectivity index (χ1n) is 18.2. The summed E-state index contributed by atoms with van der Waals surface area (Å²) in [5.74, 6) is -4.47. The van der Waals surface area contributed by atoms with Crippen molar-refractivity contribution in [3.8, 4) is 17.2 Å². The summed E-state index contributed by atoms with van der Waals surface area (Å²) in [5, 5.41) is 77.3. The van der Waals surface area contributed by atoms with E-state index in [9.17, 15) is 49.5 Å². The van der Waals surface area contributed by atoms with Crippen LogP contribution in [0.5, 0.6) is 17.2 Å². The fraction of sp³-hybridized carbons (Fsp3) is 0.553. The highest BCUT2D eigenvalue weighted by molar-refractivity contribution is 6.31. The summed E-state index contributed by atoms with van der Waals surface area (Å²) >= 11 is 0. The molecule has 0 aromatic heterocycles. The number of aromatic hydroxyl groups is 2. The van der Waals surface area contributed by atoms with Crippen LogP contribution in [0.1, 0.15) is 101 Å². The first-order valence-corrected chi connectivity index (χ1v) is 18.2. The van der Waals surface area contributed by atoms with Crippen molar-refractivity contribution in [1.29, 1.82) is 0 Å². The van der Waals surface area contributed by atoms with Gasteiger partial charge in [-0.25, -0.2) is 0 Å². The molecule has 4 aliphatic rings. The lowest BCUT2D eigenvalue weighted by Gasteiger charge is -2.43. The molecule has 2 aliphatic heterocycles. The molecule has 8 N–H and O–H groups in total. The highest BCUT2D eigenvalue weighted by atomic mass is 16.7. The van der Waals surface area contributed by atoms with Gasteiger partial charge in [-0.1, -0.05) is 12.1 Å². The van der Waals surface area contributed by atoms with Crippen molar-refractivity contribution in [2.24, 2.45) is 0 Å². The van der Waals surface area contributed by atoms with Crippen LogP contribution in [0.15, 0.2) is 18.2 Å². The number of carbonyl (C=O) groups excluding carboxylic acids is 5. The van der Waals surface area contributed by atoms with Gasteiger partial charge in [-0.2, -0.15) is 0 Å². The number of rotatable bonds is 12. The number of ether oxygens (including phenoxy) is 3. The Kier molecular flexibility index (Phi) is 11.5. The summed E-state index contributed by atoms with van der Waals surface area (Å²) in [4.78, 5) is 68.0. The molecule has 2 aliphatic carbocycles. The van der Waals surface area contributed by atoms with Crippen LogP contribution in [-0.4, -0.2) is 138 Å². The number of ketones is 4. The molecule has 6 unspecified atom stereocenters. The fourth-order valence-corrected chi connectivity index (χ4v) is 8.15. The number of Topliss-reactive ketones (excluding diaryl/α,β-unsaturated/α-hetero) is 2. The van der Waals surface area contributed by atoms with Crippen LogP contribution in [0.3, 0.4) is 0 Å². The molecule has 2 heterocycles. The number of likely N-dealkylation sites (tertiary alicyclic amines) is 1. The van der Waals surface area contributed by atoms with Gasteiger partial charge < -0.3 is 60.2 Å². The number of aliphatic hydroxyl groups excluding tert-OH is 3. The number of nitrogens with one attached hydrogen (secondary N) is 1. The molecule has 6 rings (SSSR count). The van der Waals surface area contributed by atoms with E-state index in [0.717, 1.165) is 6.92 Å². The van der Waals surface area contributed by atoms with Gasteiger partial charge in [0.1, 0.15) is 22.8 Å². The summed E-state index contributed by atoms with van der Waals surface area (Å²) in [6.07, 6.45) is -8.16. The zero-order valence-corrected chi connectivity index (χ0v) is 30.6. The first kappa shape index (κ1) is 40.3. The van der Waals surface area contributed by atoms with E-state index in [1.165, 1.54) is 30.2 Å². The Morgan fingerprint density at radius 3 is 2.44 bits per heavy atom. The predicted octanol–water partition coefficient (Wildman–Crippen LogP) is -0.328. The molecule has 8 atom stereocenters. The number of β-amino-alcohol motifs (C(OH)–C–C–N with tert-alkyl or cyclic N) is 1. The second-order valence-electron chi connectivity index (χ2n) is 14.7. The van der Waals surface area contributed by atoms with Gasteiger partial charge in [0.25, 0.3) is 0 Å². The Bertz CT molecular complexity index is 1900. The molecule has 0 bridgehead atoms. The maximum atomic E-state index is 13.9. The monoisotopic (exact) mass is 770 g/mol. The Morgan fingerprint density at radius 1 is 1.05 bits per heavy atom. The molecule has 2 fully saturated rings. The van der Waals surface area contributed by atoms with E-state index in [2.05, 4.69) is 5.32 Å². The van der Waals surface area contributed by atoms with Crippen molar-refractivity contribution in [2.75, 3.05) is 20.2 Å². The summed E-state index contributed by atoms with van der Waals surface area (Å²) in [6.45, 7) is 2.29. The van der Waals surface area contributed by atoms with Gasteiger partial charge >= 0.3 is 0 Å². The number of aliphatic hydroxyl groups is 5. The average Bonchev–Trinajstić information content (AvgIpc) is 3.53. The summed E-state index contributed by atoms with van der Waals surface area (Å²) in [5.41, 5.74) is -3.62. The number of benzene rings is 2. The zero-order chi connectivity index (χ0) is 40.1. The molecular weight excluding hydrogens is 724 g/mol. The number of phenols is 2. The minimum absolute atomic E-state index is 0.00000292. The van der Waals surface area contributed by atoms with Crippen molar-refractivity contribution in [3.05, 3.63) is 51.6 Å². The third-order valence-corrected chi connectivity index (χ3v) is 11.1. The Labute approximate surface area is 315 Å². The normalized spacial score (nSPS) is 28.8. The number of hydrogen-bond acceptors (Lipinski definition) is 16. The van der Waals surface area contributed by atoms with Crippen molar-refractivity contribution in [1.82, 2.24) is 10.2 Å². The third-order valence-electron chi connectivity index (χ3n) is 11.1. The molecule has 2 saturated heterocycles. The number of carbonyl (C=O) groups is 5. The molecule has 0 saturated carbocycles. The smallest absolute Gasteiger partial charge is 0.223 e. The highest BCUT2D eigenvalue weighted by Gasteiger charge is 2.50. The number of amides is 1. The fourth-order valence-electron chi connectivity index (χ4n) is 8.15. The predicted molar refractivity (Wildman–Crippen MR) is 187 cm³/mol. The van der Waals surface area contributed by atoms with E-state index in [0.29, 0.717) is 0 Å². The van der Waals surface area contributed by atoms with Gasteiger partial charge in [0.2, 0.25) is 11.7 Å². The highest BCUT2D eigenvalue weighted by Crippen LogP contribution is 2.52. The number of hydrogen-bond donors (Lipinski definition) is 8. The van der Waals surface area contributed by atoms with Gasteiger partial charge in [-0.05, 0) is 32.8 Å². The summed E-state index contributed by atoms with van der Waals surface area (Å²) in [6, 6.07) is 2.54. The maximum absolute atomic E-state index is 13.9. The minimum atomic E-state index is -2.13. The van der Waals surface area contributed by atoms with Crippen LogP contribution in [-0.2, 0) is 30.3 Å². The molecule has 2 aromatic carbocycles. The van der Waals surface area contributed by atoms with Crippen molar-refractivity contribution in [3.63, 3.8) is 0 Å². The van der Waals surface area contributed by atoms with Gasteiger partial charge in [0.15, 0.2) is 29.9 Å². The van der Waals surface area contributed by atoms with Gasteiger partial charge in [0.05, 0.1) is 60.8 Å². The van der Waals surface area contributed by atoms with Crippen molar-refractivity contribution < 1.29 is 73.9 Å². The van der Waals surface area contributed by atoms with Crippen molar-refractivity contribution >= 4 is 29.0 Å². The van der Waals surface area contributed by atoms with E-state index in [4.69, 9.17) is 24.4 Å². The van der Waals surface area contributed by atoms with Crippen molar-refractivity contribution in [2.45, 2.75) is 113 Å². The van der Waals surface area contributed by atoms with Crippen LogP contribution in [0, 0.1) is 0 Å². The lowest BCUT2D eigenvalue weighted by Crippen LogP contribution is -2.56. The Hall–Kier alpha value is -4.33. The lowest BCUT2D eigenvalue weighted by molar-refractivity contribution is -0.249. The number of phenolic OH excluding ortho intramolecular Hbond substituents is 2. The van der Waals surface area contributed by atoms with Gasteiger partial charge in [-0.15, -0.1) is 0 Å². The zero-order valence-electron chi connectivity index (χ0n) is 30.6. The molecule has 2 aromatic rings. The second kappa shape index (κ2) is 15.7. The van der Waals surface area contributed by atoms with Gasteiger partial charge in [0, 0.05) is 61.4 Å². The van der Waals surface area contributed by atoms with E-state index in [-0.39, 0.29) is 73.2 Å². The van der Waals surface area contributed by atoms with Crippen LogP contribution in [0.25, 0.3) is 0 Å². The minimum Gasteiger partial charge on any atom is -0.507 e. The number of fused-ring (bicyclic) bond motifs is 3. The van der Waals surface area contributed by atoms with Crippen LogP contribution >= 0.6 is 0 Å². The largest absolute Gasteiger partial charge is 0.507 e. The standard InChI is InChI=1S/C38H46N2O15/c1-16-33(47)21(39-14-23(43)22-10-18(42)15-40(22)26(44)8-5-9-27(45)46)11-28(54-16)55-25-13-38(52,17(2)41)12-20-30(25)37(51)32-31(35(20)49)34(48)19-6-4-7-24(53-3)29(19)36(32)50/h4,6-7,16,18,21-22,25,27-28,33,39,42,45-47,49,51-52H,5,8-15H2,1-3H3/t16?,18?,21?,22-,25?,28?,33?,38-/m0/s1. The maximum Gasteiger partial charge on any atom is 0.223 e. The van der Waals surface area contributed by atoms with Crippen LogP contribution in [0.4, 0.5) is 0 Å². The van der Waals surface area contributed by atoms with E-state index < -0.39 is 119 Å². The van der Waals surface area contributed by atoms with E-state index >= 15 is 0 Å². The molecule has 0 spiro atoms. The summed E-state index contributed by atoms with van der Waals surface area (Å²) < 4.78 is 17.5. The Balaban J connectivity index is 1.25. The first-order chi connectivity index (χ1) is 26.0. The molecular formula is C38H46N2O15. The van der Waals surface area contributed by atoms with Crippen LogP contribution in [0.2, 0.25) is 0 Å². The van der Waals surface area contributed by atoms with E-state index in [1.807, 2.05) is 0 Å². The van der Waals surface area contributed by atoms with Crippen LogP contribution < -0.4 is 10.1 Å². The van der Waals surface area contributed by atoms with Gasteiger partial charge in [-0.3, -0.25) is 24.0 Å². The quantitative estimate of drug-likeness (QED) is 0.0866. The molecule has 17 heteroatoms. The summed E-state index contributed by atoms with van der Waals surface area (Å²) in [7, 11) is 1.31.